The summed E-state index contributed by atoms with van der Waals surface area (Å²) in [6.07, 6.45) is -2.16. The predicted molar refractivity (Wildman–Crippen MR) is 51.7 cm³/mol. The minimum absolute atomic E-state index is 0.0131. The predicted octanol–water partition coefficient (Wildman–Crippen LogP) is 2.59. The van der Waals surface area contributed by atoms with Crippen LogP contribution in [0.25, 0.3) is 0 Å². The van der Waals surface area contributed by atoms with E-state index in [2.05, 4.69) is 9.72 Å². The number of hydrogen-bond donors (Lipinski definition) is 0. The van der Waals surface area contributed by atoms with Gasteiger partial charge in [0.2, 0.25) is 0 Å². The normalized spacial score (nSPS) is 11.3. The molecule has 0 aromatic carbocycles. The number of halogens is 3. The number of aryl methyl sites for hydroxylation is 1. The molecule has 0 atom stereocenters. The maximum Gasteiger partial charge on any atom is 0.422 e. The smallest absolute Gasteiger partial charge is 0.422 e. The molecule has 0 saturated carbocycles. The van der Waals surface area contributed by atoms with Gasteiger partial charge in [0, 0.05) is 6.20 Å². The van der Waals surface area contributed by atoms with Crippen LogP contribution < -0.4 is 9.47 Å². The van der Waals surface area contributed by atoms with Gasteiger partial charge in [-0.25, -0.2) is 4.98 Å². The Kier molecular flexibility index (Phi) is 3.98. The number of pyridine rings is 1. The van der Waals surface area contributed by atoms with E-state index in [4.69, 9.17) is 4.74 Å². The number of ether oxygens (including phenoxy) is 2. The molecular formula is C10H12F3NO2. The largest absolute Gasteiger partial charge is 0.478 e. The number of nitrogens with zero attached hydrogens (tertiary/aromatic N) is 1. The van der Waals surface area contributed by atoms with Crippen molar-refractivity contribution in [3.8, 4) is 11.6 Å². The molecule has 1 aromatic heterocycles. The fourth-order valence-corrected chi connectivity index (χ4v) is 1.08. The molecule has 0 aliphatic heterocycles. The van der Waals surface area contributed by atoms with Crippen LogP contribution >= 0.6 is 0 Å². The highest BCUT2D eigenvalue weighted by molar-refractivity contribution is 5.36. The quantitative estimate of drug-likeness (QED) is 0.803. The molecule has 0 aliphatic carbocycles. The van der Waals surface area contributed by atoms with Gasteiger partial charge in [-0.3, -0.25) is 0 Å². The van der Waals surface area contributed by atoms with Crippen LogP contribution in [0, 0.1) is 0 Å². The van der Waals surface area contributed by atoms with E-state index in [0.717, 1.165) is 5.56 Å². The van der Waals surface area contributed by atoms with E-state index < -0.39 is 12.8 Å². The summed E-state index contributed by atoms with van der Waals surface area (Å²) >= 11 is 0. The van der Waals surface area contributed by atoms with Crippen molar-refractivity contribution in [3.05, 3.63) is 17.8 Å². The molecule has 0 radical (unpaired) electrons. The third kappa shape index (κ3) is 3.60. The van der Waals surface area contributed by atoms with Crippen LogP contribution in [0.4, 0.5) is 13.2 Å². The standard InChI is InChI=1S/C10H12F3NO2/c1-3-7-4-8(9(15-2)14-5-7)16-6-10(11,12)13/h4-5H,3,6H2,1-2H3. The van der Waals surface area contributed by atoms with E-state index in [0.29, 0.717) is 6.42 Å². The average Bonchev–Trinajstić information content (AvgIpc) is 2.25. The van der Waals surface area contributed by atoms with Gasteiger partial charge in [0.25, 0.3) is 5.88 Å². The monoisotopic (exact) mass is 235 g/mol. The third-order valence-corrected chi connectivity index (χ3v) is 1.87. The first-order valence-corrected chi connectivity index (χ1v) is 4.68. The van der Waals surface area contributed by atoms with E-state index in [1.165, 1.54) is 13.2 Å². The Hall–Kier alpha value is -1.46. The molecule has 1 aromatic rings. The van der Waals surface area contributed by atoms with Crippen molar-refractivity contribution in [1.29, 1.82) is 0 Å². The highest BCUT2D eigenvalue weighted by atomic mass is 19.4. The fourth-order valence-electron chi connectivity index (χ4n) is 1.08. The van der Waals surface area contributed by atoms with E-state index in [-0.39, 0.29) is 11.6 Å². The Balaban J connectivity index is 2.83. The lowest BCUT2D eigenvalue weighted by atomic mass is 10.2. The van der Waals surface area contributed by atoms with Gasteiger partial charge in [0.15, 0.2) is 12.4 Å². The third-order valence-electron chi connectivity index (χ3n) is 1.87. The molecule has 0 amide bonds. The topological polar surface area (TPSA) is 31.4 Å². The van der Waals surface area contributed by atoms with E-state index in [9.17, 15) is 13.2 Å². The van der Waals surface area contributed by atoms with Gasteiger partial charge in [-0.15, -0.1) is 0 Å². The van der Waals surface area contributed by atoms with Gasteiger partial charge in [-0.1, -0.05) is 6.92 Å². The van der Waals surface area contributed by atoms with Crippen molar-refractivity contribution in [2.24, 2.45) is 0 Å². The van der Waals surface area contributed by atoms with Gasteiger partial charge >= 0.3 is 6.18 Å². The SMILES string of the molecule is CCc1cnc(OC)c(OCC(F)(F)F)c1. The molecule has 1 heterocycles. The Morgan fingerprint density at radius 1 is 1.38 bits per heavy atom. The summed E-state index contributed by atoms with van der Waals surface area (Å²) in [5.41, 5.74) is 0.790. The number of aromatic nitrogens is 1. The maximum atomic E-state index is 12.0. The molecule has 0 saturated heterocycles. The first-order valence-electron chi connectivity index (χ1n) is 4.68. The number of methoxy groups -OCH3 is 1. The van der Waals surface area contributed by atoms with Crippen LogP contribution in [0.5, 0.6) is 11.6 Å². The molecule has 0 bridgehead atoms. The van der Waals surface area contributed by atoms with Crippen molar-refractivity contribution in [3.63, 3.8) is 0 Å². The molecule has 90 valence electrons. The molecule has 16 heavy (non-hydrogen) atoms. The fraction of sp³-hybridized carbons (Fsp3) is 0.500. The Morgan fingerprint density at radius 2 is 2.06 bits per heavy atom. The Morgan fingerprint density at radius 3 is 2.56 bits per heavy atom. The van der Waals surface area contributed by atoms with E-state index >= 15 is 0 Å². The summed E-state index contributed by atoms with van der Waals surface area (Å²) in [4.78, 5) is 3.85. The lowest BCUT2D eigenvalue weighted by Crippen LogP contribution is -2.19. The lowest BCUT2D eigenvalue weighted by molar-refractivity contribution is -0.153. The van der Waals surface area contributed by atoms with Crippen LogP contribution in [0.15, 0.2) is 12.3 Å². The summed E-state index contributed by atoms with van der Waals surface area (Å²) in [7, 11) is 1.33. The van der Waals surface area contributed by atoms with E-state index in [1.54, 1.807) is 6.20 Å². The Bertz CT molecular complexity index is 352. The van der Waals surface area contributed by atoms with Gasteiger partial charge in [0.1, 0.15) is 0 Å². The number of alkyl halides is 3. The van der Waals surface area contributed by atoms with Gasteiger partial charge in [-0.2, -0.15) is 13.2 Å². The zero-order chi connectivity index (χ0) is 12.2. The second-order valence-electron chi connectivity index (χ2n) is 3.11. The summed E-state index contributed by atoms with van der Waals surface area (Å²) in [5, 5.41) is 0. The zero-order valence-corrected chi connectivity index (χ0v) is 8.97. The first kappa shape index (κ1) is 12.6. The highest BCUT2D eigenvalue weighted by Crippen LogP contribution is 2.27. The molecule has 0 unspecified atom stereocenters. The van der Waals surface area contributed by atoms with Crippen LogP contribution in [-0.4, -0.2) is 24.9 Å². The van der Waals surface area contributed by atoms with E-state index in [1.807, 2.05) is 6.92 Å². The number of rotatable bonds is 4. The summed E-state index contributed by atoms with van der Waals surface area (Å²) in [6, 6.07) is 1.50. The minimum atomic E-state index is -4.37. The minimum Gasteiger partial charge on any atom is -0.478 e. The average molecular weight is 235 g/mol. The zero-order valence-electron chi connectivity index (χ0n) is 8.97. The van der Waals surface area contributed by atoms with Gasteiger partial charge in [0.05, 0.1) is 7.11 Å². The summed E-state index contributed by atoms with van der Waals surface area (Å²) in [5.74, 6) is 0.0700. The van der Waals surface area contributed by atoms with Crippen molar-refractivity contribution in [2.45, 2.75) is 19.5 Å². The molecule has 0 fully saturated rings. The second kappa shape index (κ2) is 5.05. The lowest BCUT2D eigenvalue weighted by Gasteiger charge is -2.12. The van der Waals surface area contributed by atoms with Crippen molar-refractivity contribution in [2.75, 3.05) is 13.7 Å². The van der Waals surface area contributed by atoms with Crippen molar-refractivity contribution < 1.29 is 22.6 Å². The number of hydrogen-bond acceptors (Lipinski definition) is 3. The molecule has 3 nitrogen and oxygen atoms in total. The maximum absolute atomic E-state index is 12.0. The van der Waals surface area contributed by atoms with Gasteiger partial charge < -0.3 is 9.47 Å². The first-order chi connectivity index (χ1) is 7.46. The molecule has 0 N–H and O–H groups in total. The molecule has 1 rings (SSSR count). The summed E-state index contributed by atoms with van der Waals surface area (Å²) in [6.45, 7) is 0.523. The van der Waals surface area contributed by atoms with Crippen molar-refractivity contribution >= 4 is 0 Å². The molecule has 0 spiro atoms. The molecule has 6 heteroatoms. The Labute approximate surface area is 91.2 Å². The van der Waals surface area contributed by atoms with Crippen LogP contribution in [0.1, 0.15) is 12.5 Å². The molecular weight excluding hydrogens is 223 g/mol. The van der Waals surface area contributed by atoms with Crippen LogP contribution in [0.2, 0.25) is 0 Å². The summed E-state index contributed by atoms with van der Waals surface area (Å²) < 4.78 is 45.3. The second-order valence-corrected chi connectivity index (χ2v) is 3.11. The van der Waals surface area contributed by atoms with Crippen LogP contribution in [-0.2, 0) is 6.42 Å². The van der Waals surface area contributed by atoms with Crippen LogP contribution in [0.3, 0.4) is 0 Å². The van der Waals surface area contributed by atoms with Crippen molar-refractivity contribution in [1.82, 2.24) is 4.98 Å². The highest BCUT2D eigenvalue weighted by Gasteiger charge is 2.29. The van der Waals surface area contributed by atoms with Gasteiger partial charge in [-0.05, 0) is 18.1 Å². The molecule has 0 aliphatic rings.